The number of hydrazone groups is 1. The summed E-state index contributed by atoms with van der Waals surface area (Å²) in [7, 11) is 0. The Bertz CT molecular complexity index is 1260. The molecule has 0 aliphatic rings. The summed E-state index contributed by atoms with van der Waals surface area (Å²) in [5.74, 6) is 0.392. The Labute approximate surface area is 201 Å². The first-order valence-electron chi connectivity index (χ1n) is 10.5. The second-order valence-corrected chi connectivity index (χ2v) is 8.38. The highest BCUT2D eigenvalue weighted by Gasteiger charge is 2.09. The average molecular weight is 471 g/mol. The number of carbonyl (C=O) groups excluding carboxylic acids is 2. The molecule has 1 heterocycles. The van der Waals surface area contributed by atoms with E-state index >= 15 is 0 Å². The molecule has 0 saturated heterocycles. The van der Waals surface area contributed by atoms with Gasteiger partial charge in [0.15, 0.2) is 0 Å². The Hall–Kier alpha value is -4.23. The van der Waals surface area contributed by atoms with E-state index in [2.05, 4.69) is 10.5 Å². The van der Waals surface area contributed by atoms with Crippen LogP contribution in [0.25, 0.3) is 0 Å². The number of nitrogens with zero attached hydrogens (tertiary/aromatic N) is 1. The molecule has 0 fully saturated rings. The van der Waals surface area contributed by atoms with E-state index in [1.54, 1.807) is 60.7 Å². The van der Waals surface area contributed by atoms with E-state index < -0.39 is 5.97 Å². The largest absolute Gasteiger partial charge is 0.489 e. The monoisotopic (exact) mass is 470 g/mol. The lowest BCUT2D eigenvalue weighted by Gasteiger charge is -2.07. The fourth-order valence-corrected chi connectivity index (χ4v) is 3.56. The van der Waals surface area contributed by atoms with Crippen molar-refractivity contribution in [3.8, 4) is 11.5 Å². The highest BCUT2D eigenvalue weighted by atomic mass is 32.1. The summed E-state index contributed by atoms with van der Waals surface area (Å²) >= 11 is 1.32. The Morgan fingerprint density at radius 3 is 2.29 bits per heavy atom. The van der Waals surface area contributed by atoms with Gasteiger partial charge in [0.2, 0.25) is 0 Å². The number of aryl methyl sites for hydroxylation is 1. The molecule has 6 nitrogen and oxygen atoms in total. The lowest BCUT2D eigenvalue weighted by molar-refractivity contribution is 0.0739. The Kier molecular flexibility index (Phi) is 7.47. The Morgan fingerprint density at radius 2 is 1.62 bits per heavy atom. The molecule has 0 unspecified atom stereocenters. The first kappa shape index (κ1) is 22.9. The highest BCUT2D eigenvalue weighted by Crippen LogP contribution is 2.17. The number of amides is 1. The topological polar surface area (TPSA) is 77.0 Å². The number of esters is 1. The van der Waals surface area contributed by atoms with E-state index in [-0.39, 0.29) is 5.91 Å². The Balaban J connectivity index is 1.25. The van der Waals surface area contributed by atoms with Crippen LogP contribution in [-0.4, -0.2) is 18.1 Å². The van der Waals surface area contributed by atoms with Crippen LogP contribution in [0.3, 0.4) is 0 Å². The molecule has 0 spiro atoms. The summed E-state index contributed by atoms with van der Waals surface area (Å²) < 4.78 is 11.1. The minimum Gasteiger partial charge on any atom is -0.489 e. The van der Waals surface area contributed by atoms with Gasteiger partial charge >= 0.3 is 5.97 Å². The van der Waals surface area contributed by atoms with E-state index in [0.29, 0.717) is 28.5 Å². The molecule has 1 amide bonds. The van der Waals surface area contributed by atoms with Crippen LogP contribution < -0.4 is 14.9 Å². The van der Waals surface area contributed by atoms with Gasteiger partial charge in [-0.05, 0) is 78.0 Å². The molecule has 3 aromatic carbocycles. The third-order valence-corrected chi connectivity index (χ3v) is 5.69. The third kappa shape index (κ3) is 6.40. The van der Waals surface area contributed by atoms with E-state index in [9.17, 15) is 9.59 Å². The number of carbonyl (C=O) groups is 2. The molecule has 34 heavy (non-hydrogen) atoms. The summed E-state index contributed by atoms with van der Waals surface area (Å²) in [6, 6.07) is 25.4. The van der Waals surface area contributed by atoms with Gasteiger partial charge in [-0.25, -0.2) is 10.2 Å². The van der Waals surface area contributed by atoms with Crippen molar-refractivity contribution < 1.29 is 19.1 Å². The van der Waals surface area contributed by atoms with Gasteiger partial charge in [-0.1, -0.05) is 35.9 Å². The lowest BCUT2D eigenvalue weighted by atomic mass is 10.2. The molecule has 0 bridgehead atoms. The summed E-state index contributed by atoms with van der Waals surface area (Å²) in [6.45, 7) is 2.50. The van der Waals surface area contributed by atoms with Gasteiger partial charge < -0.3 is 9.47 Å². The van der Waals surface area contributed by atoms with Crippen molar-refractivity contribution in [3.63, 3.8) is 0 Å². The normalized spacial score (nSPS) is 10.7. The zero-order chi connectivity index (χ0) is 23.8. The first-order chi connectivity index (χ1) is 16.6. The van der Waals surface area contributed by atoms with Gasteiger partial charge in [0, 0.05) is 5.56 Å². The molecule has 0 atom stereocenters. The van der Waals surface area contributed by atoms with Crippen LogP contribution in [0.5, 0.6) is 11.5 Å². The predicted molar refractivity (Wildman–Crippen MR) is 133 cm³/mol. The van der Waals surface area contributed by atoms with Crippen LogP contribution in [0, 0.1) is 6.92 Å². The zero-order valence-corrected chi connectivity index (χ0v) is 19.2. The van der Waals surface area contributed by atoms with E-state index in [0.717, 1.165) is 11.1 Å². The summed E-state index contributed by atoms with van der Waals surface area (Å²) in [5.41, 5.74) is 6.00. The van der Waals surface area contributed by atoms with Gasteiger partial charge in [-0.15, -0.1) is 11.3 Å². The number of rotatable bonds is 8. The number of nitrogens with one attached hydrogen (secondary N) is 1. The quantitative estimate of drug-likeness (QED) is 0.157. The second kappa shape index (κ2) is 11.1. The molecular weight excluding hydrogens is 448 g/mol. The van der Waals surface area contributed by atoms with Crippen LogP contribution in [0.15, 0.2) is 95.4 Å². The molecule has 0 saturated carbocycles. The van der Waals surface area contributed by atoms with Crippen molar-refractivity contribution in [3.05, 3.63) is 117 Å². The van der Waals surface area contributed by atoms with Gasteiger partial charge in [0.1, 0.15) is 23.0 Å². The second-order valence-electron chi connectivity index (χ2n) is 7.43. The van der Waals surface area contributed by atoms with Crippen LogP contribution >= 0.6 is 11.3 Å². The standard InChI is InChI=1S/C27H22N2O4S/c1-19-4-6-21(7-5-19)18-32-23-14-10-22(11-15-23)26(30)29-28-17-20-8-12-24(13-9-20)33-27(31)25-3-2-16-34-25/h2-17H,18H2,1H3,(H,29,30). The minimum atomic E-state index is -0.393. The van der Waals surface area contributed by atoms with Crippen molar-refractivity contribution in [2.24, 2.45) is 5.10 Å². The maximum Gasteiger partial charge on any atom is 0.353 e. The highest BCUT2D eigenvalue weighted by molar-refractivity contribution is 7.12. The fourth-order valence-electron chi connectivity index (χ4n) is 2.96. The average Bonchev–Trinajstić information content (AvgIpc) is 3.40. The summed E-state index contributed by atoms with van der Waals surface area (Å²) in [4.78, 5) is 24.8. The fraction of sp³-hybridized carbons (Fsp3) is 0.0741. The van der Waals surface area contributed by atoms with Crippen LogP contribution in [-0.2, 0) is 6.61 Å². The van der Waals surface area contributed by atoms with Crippen LogP contribution in [0.1, 0.15) is 36.7 Å². The van der Waals surface area contributed by atoms with Crippen molar-refractivity contribution >= 4 is 29.4 Å². The van der Waals surface area contributed by atoms with E-state index in [1.165, 1.54) is 23.1 Å². The van der Waals surface area contributed by atoms with Crippen LogP contribution in [0.2, 0.25) is 0 Å². The zero-order valence-electron chi connectivity index (χ0n) is 18.4. The molecular formula is C27H22N2O4S. The van der Waals surface area contributed by atoms with Gasteiger partial charge in [0.05, 0.1) is 6.21 Å². The van der Waals surface area contributed by atoms with Crippen molar-refractivity contribution in [2.45, 2.75) is 13.5 Å². The Morgan fingerprint density at radius 1 is 0.912 bits per heavy atom. The molecule has 0 aliphatic carbocycles. The number of hydrogen-bond donors (Lipinski definition) is 1. The van der Waals surface area contributed by atoms with Crippen LogP contribution in [0.4, 0.5) is 0 Å². The molecule has 4 rings (SSSR count). The van der Waals surface area contributed by atoms with Gasteiger partial charge in [0.25, 0.3) is 5.91 Å². The smallest absolute Gasteiger partial charge is 0.353 e. The van der Waals surface area contributed by atoms with Gasteiger partial charge in [-0.2, -0.15) is 5.10 Å². The summed E-state index contributed by atoms with van der Waals surface area (Å²) in [5, 5.41) is 5.81. The molecule has 170 valence electrons. The lowest BCUT2D eigenvalue weighted by Crippen LogP contribution is -2.17. The molecule has 1 aromatic heterocycles. The predicted octanol–water partition coefficient (Wildman–Crippen LogP) is 5.62. The number of benzene rings is 3. The molecule has 0 aliphatic heterocycles. The van der Waals surface area contributed by atoms with Crippen molar-refractivity contribution in [1.29, 1.82) is 0 Å². The van der Waals surface area contributed by atoms with Crippen molar-refractivity contribution in [2.75, 3.05) is 0 Å². The number of ether oxygens (including phenoxy) is 2. The minimum absolute atomic E-state index is 0.331. The molecule has 7 heteroatoms. The first-order valence-corrected chi connectivity index (χ1v) is 11.4. The van der Waals surface area contributed by atoms with E-state index in [4.69, 9.17) is 9.47 Å². The third-order valence-electron chi connectivity index (χ3n) is 4.84. The molecule has 0 radical (unpaired) electrons. The van der Waals surface area contributed by atoms with Gasteiger partial charge in [-0.3, -0.25) is 4.79 Å². The van der Waals surface area contributed by atoms with E-state index in [1.807, 2.05) is 36.6 Å². The van der Waals surface area contributed by atoms with Crippen molar-refractivity contribution in [1.82, 2.24) is 5.43 Å². The number of thiophene rings is 1. The number of hydrogen-bond acceptors (Lipinski definition) is 6. The summed E-state index contributed by atoms with van der Waals surface area (Å²) in [6.07, 6.45) is 1.52. The SMILES string of the molecule is Cc1ccc(COc2ccc(C(=O)NN=Cc3ccc(OC(=O)c4cccs4)cc3)cc2)cc1. The maximum atomic E-state index is 12.3. The maximum absolute atomic E-state index is 12.3. The molecule has 1 N–H and O–H groups in total. The molecule has 4 aromatic rings.